The van der Waals surface area contributed by atoms with Gasteiger partial charge in [0.05, 0.1) is 11.9 Å². The van der Waals surface area contributed by atoms with Gasteiger partial charge in [-0.1, -0.05) is 0 Å². The van der Waals surface area contributed by atoms with E-state index < -0.39 is 0 Å². The van der Waals surface area contributed by atoms with E-state index in [9.17, 15) is 4.79 Å². The predicted octanol–water partition coefficient (Wildman–Crippen LogP) is 1.22. The van der Waals surface area contributed by atoms with Crippen LogP contribution in [0.15, 0.2) is 24.7 Å². The molecule has 0 atom stereocenters. The van der Waals surface area contributed by atoms with Gasteiger partial charge in [-0.25, -0.2) is 4.98 Å². The number of carbonyl (C=O) groups excluding carboxylic acids is 1. The third-order valence-electron chi connectivity index (χ3n) is 1.62. The Bertz CT molecular complexity index is 375. The van der Waals surface area contributed by atoms with E-state index in [0.29, 0.717) is 12.1 Å². The molecule has 0 unspecified atom stereocenters. The van der Waals surface area contributed by atoms with Crippen LogP contribution in [0, 0.1) is 0 Å². The van der Waals surface area contributed by atoms with Gasteiger partial charge >= 0.3 is 0 Å². The van der Waals surface area contributed by atoms with Gasteiger partial charge in [0.15, 0.2) is 12.1 Å². The fraction of sp³-hybridized carbons (Fsp3) is 0. The minimum atomic E-state index is 0.353. The van der Waals surface area contributed by atoms with Gasteiger partial charge in [-0.05, 0) is 6.07 Å². The van der Waals surface area contributed by atoms with Crippen molar-refractivity contribution in [2.24, 2.45) is 0 Å². The summed E-state index contributed by atoms with van der Waals surface area (Å²) in [6.45, 7) is 0. The summed E-state index contributed by atoms with van der Waals surface area (Å²) in [6, 6.07) is 1.90. The number of aldehydes is 1. The molecule has 2 aromatic rings. The zero-order valence-corrected chi connectivity index (χ0v) is 6.24. The molecule has 4 nitrogen and oxygen atoms in total. The summed E-state index contributed by atoms with van der Waals surface area (Å²) in [7, 11) is 0. The third-order valence-corrected chi connectivity index (χ3v) is 1.62. The first-order valence-corrected chi connectivity index (χ1v) is 3.53. The Labute approximate surface area is 68.7 Å². The van der Waals surface area contributed by atoms with Crippen molar-refractivity contribution in [3.63, 3.8) is 0 Å². The predicted molar refractivity (Wildman–Crippen MR) is 43.8 cm³/mol. The lowest BCUT2D eigenvalue weighted by atomic mass is 10.3. The number of hydrogen-bond donors (Lipinski definition) is 2. The van der Waals surface area contributed by atoms with Crippen molar-refractivity contribution < 1.29 is 4.79 Å². The molecule has 2 rings (SSSR count). The summed E-state index contributed by atoms with van der Waals surface area (Å²) in [5.74, 6) is 0.353. The molecule has 0 bridgehead atoms. The van der Waals surface area contributed by atoms with Crippen molar-refractivity contribution in [2.45, 2.75) is 0 Å². The third kappa shape index (κ3) is 1.03. The van der Waals surface area contributed by atoms with Crippen LogP contribution < -0.4 is 0 Å². The molecular weight excluding hydrogens is 154 g/mol. The smallest absolute Gasteiger partial charge is 0.185 e. The highest BCUT2D eigenvalue weighted by atomic mass is 16.1. The van der Waals surface area contributed by atoms with E-state index in [-0.39, 0.29) is 0 Å². The van der Waals surface area contributed by atoms with Crippen molar-refractivity contribution in [1.82, 2.24) is 15.0 Å². The van der Waals surface area contributed by atoms with Crippen LogP contribution in [0.25, 0.3) is 11.3 Å². The molecule has 2 N–H and O–H groups in total. The number of nitrogens with zero attached hydrogens (tertiary/aromatic N) is 1. The van der Waals surface area contributed by atoms with Crippen LogP contribution >= 0.6 is 0 Å². The summed E-state index contributed by atoms with van der Waals surface area (Å²) in [6.07, 6.45) is 5.97. The summed E-state index contributed by atoms with van der Waals surface area (Å²) in [5, 5.41) is 0. The summed E-state index contributed by atoms with van der Waals surface area (Å²) >= 11 is 0. The number of aromatic amines is 2. The van der Waals surface area contributed by atoms with Crippen LogP contribution in [0.3, 0.4) is 0 Å². The maximum absolute atomic E-state index is 10.3. The van der Waals surface area contributed by atoms with Crippen LogP contribution in [0.1, 0.15) is 10.6 Å². The highest BCUT2D eigenvalue weighted by Gasteiger charge is 2.01. The van der Waals surface area contributed by atoms with Gasteiger partial charge in [0, 0.05) is 18.0 Å². The van der Waals surface area contributed by atoms with Gasteiger partial charge in [-0.2, -0.15) is 0 Å². The Morgan fingerprint density at radius 2 is 2.42 bits per heavy atom. The zero-order chi connectivity index (χ0) is 8.39. The van der Waals surface area contributed by atoms with Crippen LogP contribution in [0.5, 0.6) is 0 Å². The van der Waals surface area contributed by atoms with E-state index in [1.807, 2.05) is 18.5 Å². The number of hydrogen-bond acceptors (Lipinski definition) is 2. The minimum absolute atomic E-state index is 0.353. The maximum atomic E-state index is 10.3. The number of rotatable bonds is 2. The van der Waals surface area contributed by atoms with Gasteiger partial charge in [-0.15, -0.1) is 0 Å². The van der Waals surface area contributed by atoms with Crippen LogP contribution in [-0.2, 0) is 0 Å². The van der Waals surface area contributed by atoms with E-state index in [4.69, 9.17) is 0 Å². The highest BCUT2D eigenvalue weighted by molar-refractivity contribution is 5.71. The van der Waals surface area contributed by atoms with Crippen LogP contribution in [0.4, 0.5) is 0 Å². The number of nitrogens with one attached hydrogen (secondary N) is 2. The molecule has 0 saturated carbocycles. The molecule has 0 aliphatic rings. The summed E-state index contributed by atoms with van der Waals surface area (Å²) < 4.78 is 0. The lowest BCUT2D eigenvalue weighted by Crippen LogP contribution is -1.80. The first kappa shape index (κ1) is 6.84. The monoisotopic (exact) mass is 161 g/mol. The van der Waals surface area contributed by atoms with Crippen molar-refractivity contribution in [3.05, 3.63) is 30.5 Å². The Balaban J connectivity index is 2.41. The highest BCUT2D eigenvalue weighted by Crippen LogP contribution is 2.14. The van der Waals surface area contributed by atoms with Crippen molar-refractivity contribution in [2.75, 3.05) is 0 Å². The first-order chi connectivity index (χ1) is 5.90. The van der Waals surface area contributed by atoms with Crippen LogP contribution in [0.2, 0.25) is 0 Å². The van der Waals surface area contributed by atoms with E-state index >= 15 is 0 Å². The van der Waals surface area contributed by atoms with Gasteiger partial charge in [0.25, 0.3) is 0 Å². The summed E-state index contributed by atoms with van der Waals surface area (Å²) in [5.41, 5.74) is 1.84. The van der Waals surface area contributed by atoms with Crippen molar-refractivity contribution in [1.29, 1.82) is 0 Å². The maximum Gasteiger partial charge on any atom is 0.185 e. The number of aromatic nitrogens is 3. The van der Waals surface area contributed by atoms with Gasteiger partial charge in [-0.3, -0.25) is 4.79 Å². The minimum Gasteiger partial charge on any atom is -0.367 e. The van der Waals surface area contributed by atoms with E-state index in [0.717, 1.165) is 11.3 Å². The molecule has 0 fully saturated rings. The topological polar surface area (TPSA) is 61.5 Å². The molecule has 0 aliphatic carbocycles. The molecule has 0 aromatic carbocycles. The Morgan fingerprint density at radius 3 is 3.00 bits per heavy atom. The lowest BCUT2D eigenvalue weighted by Gasteiger charge is -1.86. The molecule has 4 heteroatoms. The molecule has 2 aromatic heterocycles. The Hall–Kier alpha value is -1.84. The second-order valence-corrected chi connectivity index (χ2v) is 2.40. The van der Waals surface area contributed by atoms with Gasteiger partial charge in [0.1, 0.15) is 0 Å². The molecule has 60 valence electrons. The fourth-order valence-corrected chi connectivity index (χ4v) is 1.03. The van der Waals surface area contributed by atoms with E-state index in [1.165, 1.54) is 0 Å². The molecule has 0 amide bonds. The molecule has 12 heavy (non-hydrogen) atoms. The number of carbonyl (C=O) groups is 1. The zero-order valence-electron chi connectivity index (χ0n) is 6.24. The molecular formula is C8H7N3O. The van der Waals surface area contributed by atoms with Crippen molar-refractivity contribution in [3.8, 4) is 11.3 Å². The molecule has 0 aliphatic heterocycles. The molecule has 2 heterocycles. The lowest BCUT2D eigenvalue weighted by molar-refractivity contribution is 0.111. The molecule has 0 spiro atoms. The molecule has 0 saturated heterocycles. The van der Waals surface area contributed by atoms with Crippen LogP contribution in [-0.4, -0.2) is 21.2 Å². The first-order valence-electron chi connectivity index (χ1n) is 3.53. The van der Waals surface area contributed by atoms with Gasteiger partial charge < -0.3 is 9.97 Å². The average molecular weight is 161 g/mol. The quantitative estimate of drug-likeness (QED) is 0.650. The normalized spacial score (nSPS) is 10.0. The SMILES string of the molecule is O=Cc1ncc(-c2cc[nH]c2)[nH]1. The van der Waals surface area contributed by atoms with E-state index in [2.05, 4.69) is 15.0 Å². The second kappa shape index (κ2) is 2.65. The Kier molecular flexibility index (Phi) is 1.51. The molecule has 0 radical (unpaired) electrons. The van der Waals surface area contributed by atoms with Crippen molar-refractivity contribution >= 4 is 6.29 Å². The Morgan fingerprint density at radius 1 is 1.50 bits per heavy atom. The number of imidazole rings is 1. The second-order valence-electron chi connectivity index (χ2n) is 2.40. The fourth-order valence-electron chi connectivity index (χ4n) is 1.03. The average Bonchev–Trinajstić information content (AvgIpc) is 2.75. The number of H-pyrrole nitrogens is 2. The summed E-state index contributed by atoms with van der Waals surface area (Å²) in [4.78, 5) is 19.9. The largest absolute Gasteiger partial charge is 0.367 e. The van der Waals surface area contributed by atoms with E-state index in [1.54, 1.807) is 6.20 Å². The van der Waals surface area contributed by atoms with Gasteiger partial charge in [0.2, 0.25) is 0 Å². The standard InChI is InChI=1S/C8H7N3O/c12-5-8-10-4-7(11-8)6-1-2-9-3-6/h1-5,9H,(H,10,11).